The van der Waals surface area contributed by atoms with Crippen molar-refractivity contribution >= 4 is 12.0 Å². The van der Waals surface area contributed by atoms with Crippen molar-refractivity contribution in [3.8, 4) is 0 Å². The van der Waals surface area contributed by atoms with E-state index in [4.69, 9.17) is 4.74 Å². The third-order valence-corrected chi connectivity index (χ3v) is 7.27. The van der Waals surface area contributed by atoms with Crippen molar-refractivity contribution in [2.45, 2.75) is 77.6 Å². The van der Waals surface area contributed by atoms with Crippen LogP contribution in [0.4, 0.5) is 0 Å². The summed E-state index contributed by atoms with van der Waals surface area (Å²) in [6, 6.07) is 10.6. The average molecular weight is 455 g/mol. The van der Waals surface area contributed by atoms with E-state index < -0.39 is 0 Å². The molecule has 2 aliphatic rings. The zero-order chi connectivity index (χ0) is 23.1. The second-order valence-corrected chi connectivity index (χ2v) is 9.98. The first-order valence-electron chi connectivity index (χ1n) is 13.6. The van der Waals surface area contributed by atoms with E-state index in [1.165, 1.54) is 56.1 Å². The van der Waals surface area contributed by atoms with E-state index >= 15 is 0 Å². The van der Waals surface area contributed by atoms with Gasteiger partial charge in [0.25, 0.3) is 0 Å². The fourth-order valence-electron chi connectivity index (χ4n) is 5.22. The van der Waals surface area contributed by atoms with Gasteiger partial charge in [-0.3, -0.25) is 9.69 Å². The molecular formula is C29H46N2O2. The minimum atomic E-state index is 0.360. The van der Waals surface area contributed by atoms with E-state index in [1.807, 2.05) is 0 Å². The zero-order valence-corrected chi connectivity index (χ0v) is 21.0. The van der Waals surface area contributed by atoms with Crippen molar-refractivity contribution in [1.29, 1.82) is 0 Å². The Balaban J connectivity index is 1.62. The molecule has 1 aliphatic carbocycles. The molecule has 1 saturated carbocycles. The van der Waals surface area contributed by atoms with Gasteiger partial charge < -0.3 is 9.64 Å². The molecule has 184 valence electrons. The highest BCUT2D eigenvalue weighted by molar-refractivity contribution is 5.76. The molecule has 1 aliphatic heterocycles. The fraction of sp³-hybridized carbons (Fsp3) is 0.690. The van der Waals surface area contributed by atoms with E-state index in [9.17, 15) is 4.79 Å². The summed E-state index contributed by atoms with van der Waals surface area (Å²) >= 11 is 0. The standard InChI is InChI=1S/C29H46N2O2/c1-2-3-5-15-28(24-27-13-6-4-7-14-27)25-31(19-10-18-30-20-22-33-23-21-30)29(32)17-16-26-11-8-9-12-26/h4,6-7,13-14,24,26H,2-3,5,8-12,15-23,25H2,1H3/b28-24+. The predicted octanol–water partition coefficient (Wildman–Crippen LogP) is 6.17. The molecule has 1 amide bonds. The Morgan fingerprint density at radius 1 is 1.06 bits per heavy atom. The van der Waals surface area contributed by atoms with Crippen LogP contribution in [0.25, 0.3) is 6.08 Å². The summed E-state index contributed by atoms with van der Waals surface area (Å²) in [6.07, 6.45) is 15.3. The number of carbonyl (C=O) groups excluding carboxylic acids is 1. The van der Waals surface area contributed by atoms with E-state index in [0.29, 0.717) is 5.91 Å². The number of amides is 1. The van der Waals surface area contributed by atoms with Crippen molar-refractivity contribution in [2.75, 3.05) is 45.9 Å². The molecule has 4 nitrogen and oxygen atoms in total. The van der Waals surface area contributed by atoms with Crippen molar-refractivity contribution in [3.05, 3.63) is 41.5 Å². The molecule has 4 heteroatoms. The van der Waals surface area contributed by atoms with Crippen LogP contribution < -0.4 is 0 Å². The largest absolute Gasteiger partial charge is 0.379 e. The Hall–Kier alpha value is -1.65. The van der Waals surface area contributed by atoms with Crippen LogP contribution in [0.2, 0.25) is 0 Å². The second kappa shape index (κ2) is 15.3. The van der Waals surface area contributed by atoms with Crippen LogP contribution in [-0.2, 0) is 9.53 Å². The predicted molar refractivity (Wildman–Crippen MR) is 138 cm³/mol. The number of rotatable bonds is 14. The molecule has 0 N–H and O–H groups in total. The minimum absolute atomic E-state index is 0.360. The molecule has 0 unspecified atom stereocenters. The van der Waals surface area contributed by atoms with Gasteiger partial charge in [0.2, 0.25) is 5.91 Å². The highest BCUT2D eigenvalue weighted by atomic mass is 16.5. The summed E-state index contributed by atoms with van der Waals surface area (Å²) in [7, 11) is 0. The highest BCUT2D eigenvalue weighted by Crippen LogP contribution is 2.29. The Morgan fingerprint density at radius 3 is 2.55 bits per heavy atom. The molecule has 1 saturated heterocycles. The molecule has 0 aromatic heterocycles. The highest BCUT2D eigenvalue weighted by Gasteiger charge is 2.20. The van der Waals surface area contributed by atoms with Crippen LogP contribution in [0.1, 0.15) is 83.1 Å². The number of nitrogens with zero attached hydrogens (tertiary/aromatic N) is 2. The van der Waals surface area contributed by atoms with Crippen molar-refractivity contribution in [1.82, 2.24) is 9.80 Å². The number of benzene rings is 1. The van der Waals surface area contributed by atoms with Crippen LogP contribution in [0, 0.1) is 5.92 Å². The summed E-state index contributed by atoms with van der Waals surface area (Å²) in [5.74, 6) is 1.13. The lowest BCUT2D eigenvalue weighted by molar-refractivity contribution is -0.131. The maximum atomic E-state index is 13.4. The monoisotopic (exact) mass is 454 g/mol. The van der Waals surface area contributed by atoms with E-state index in [0.717, 1.165) is 77.5 Å². The molecule has 0 bridgehead atoms. The number of hydrogen-bond donors (Lipinski definition) is 0. The maximum Gasteiger partial charge on any atom is 0.222 e. The SMILES string of the molecule is CCCCC/C(=C\c1ccccc1)CN(CCCN1CCOCC1)C(=O)CCC1CCCC1. The lowest BCUT2D eigenvalue weighted by Gasteiger charge is -2.29. The van der Waals surface area contributed by atoms with Crippen LogP contribution in [0.5, 0.6) is 0 Å². The fourth-order valence-corrected chi connectivity index (χ4v) is 5.22. The first-order chi connectivity index (χ1) is 16.2. The smallest absolute Gasteiger partial charge is 0.222 e. The first-order valence-corrected chi connectivity index (χ1v) is 13.6. The molecule has 1 heterocycles. The third kappa shape index (κ3) is 10.0. The lowest BCUT2D eigenvalue weighted by Crippen LogP contribution is -2.39. The van der Waals surface area contributed by atoms with Gasteiger partial charge in [-0.15, -0.1) is 0 Å². The van der Waals surface area contributed by atoms with Gasteiger partial charge in [-0.25, -0.2) is 0 Å². The van der Waals surface area contributed by atoms with Gasteiger partial charge in [0, 0.05) is 39.1 Å². The molecule has 0 spiro atoms. The average Bonchev–Trinajstić information content (AvgIpc) is 3.37. The van der Waals surface area contributed by atoms with Crippen molar-refractivity contribution < 1.29 is 9.53 Å². The van der Waals surface area contributed by atoms with Crippen molar-refractivity contribution in [3.63, 3.8) is 0 Å². The number of hydrogen-bond acceptors (Lipinski definition) is 3. The first kappa shape index (κ1) is 26.0. The summed E-state index contributed by atoms with van der Waals surface area (Å²) in [5, 5.41) is 0. The summed E-state index contributed by atoms with van der Waals surface area (Å²) < 4.78 is 5.49. The molecule has 0 atom stereocenters. The quantitative estimate of drug-likeness (QED) is 0.315. The summed E-state index contributed by atoms with van der Waals surface area (Å²) in [4.78, 5) is 18.0. The Morgan fingerprint density at radius 2 is 1.82 bits per heavy atom. The molecular weight excluding hydrogens is 408 g/mol. The van der Waals surface area contributed by atoms with Gasteiger partial charge in [-0.2, -0.15) is 0 Å². The molecule has 3 rings (SSSR count). The minimum Gasteiger partial charge on any atom is -0.379 e. The van der Waals surface area contributed by atoms with E-state index in [2.05, 4.69) is 53.1 Å². The zero-order valence-electron chi connectivity index (χ0n) is 21.0. The number of ether oxygens (including phenoxy) is 1. The number of carbonyl (C=O) groups is 1. The van der Waals surface area contributed by atoms with Gasteiger partial charge >= 0.3 is 0 Å². The van der Waals surface area contributed by atoms with Gasteiger partial charge in [-0.05, 0) is 37.2 Å². The molecule has 1 aromatic carbocycles. The van der Waals surface area contributed by atoms with Crippen LogP contribution >= 0.6 is 0 Å². The van der Waals surface area contributed by atoms with Crippen LogP contribution in [0.15, 0.2) is 35.9 Å². The van der Waals surface area contributed by atoms with Crippen molar-refractivity contribution in [2.24, 2.45) is 5.92 Å². The van der Waals surface area contributed by atoms with E-state index in [-0.39, 0.29) is 0 Å². The number of unbranched alkanes of at least 4 members (excludes halogenated alkanes) is 2. The summed E-state index contributed by atoms with van der Waals surface area (Å²) in [5.41, 5.74) is 2.64. The molecule has 0 radical (unpaired) electrons. The second-order valence-electron chi connectivity index (χ2n) is 9.98. The topological polar surface area (TPSA) is 32.8 Å². The maximum absolute atomic E-state index is 13.4. The molecule has 1 aromatic rings. The Labute approximate surface area is 202 Å². The Bertz CT molecular complexity index is 691. The third-order valence-electron chi connectivity index (χ3n) is 7.27. The molecule has 33 heavy (non-hydrogen) atoms. The Kier molecular flexibility index (Phi) is 12.0. The van der Waals surface area contributed by atoms with Gasteiger partial charge in [0.15, 0.2) is 0 Å². The van der Waals surface area contributed by atoms with E-state index in [1.54, 1.807) is 0 Å². The van der Waals surface area contributed by atoms with Crippen LogP contribution in [-0.4, -0.2) is 61.6 Å². The summed E-state index contributed by atoms with van der Waals surface area (Å²) in [6.45, 7) is 8.68. The number of morpholine rings is 1. The molecule has 2 fully saturated rings. The van der Waals surface area contributed by atoms with Gasteiger partial charge in [0.05, 0.1) is 13.2 Å². The van der Waals surface area contributed by atoms with Gasteiger partial charge in [0.1, 0.15) is 0 Å². The van der Waals surface area contributed by atoms with Gasteiger partial charge in [-0.1, -0.05) is 87.4 Å². The van der Waals surface area contributed by atoms with Crippen LogP contribution in [0.3, 0.4) is 0 Å². The normalized spacial score (nSPS) is 18.0. The lowest BCUT2D eigenvalue weighted by atomic mass is 10.0.